The second kappa shape index (κ2) is 6.63. The van der Waals surface area contributed by atoms with E-state index >= 15 is 0 Å². The second-order valence-electron chi connectivity index (χ2n) is 6.94. The minimum Gasteiger partial charge on any atom is -0.478 e. The molecule has 1 aliphatic heterocycles. The Hall–Kier alpha value is -3.42. The smallest absolute Gasteiger partial charge is 0.337 e. The summed E-state index contributed by atoms with van der Waals surface area (Å²) in [5.74, 6) is 0.954. The van der Waals surface area contributed by atoms with Crippen molar-refractivity contribution in [2.45, 2.75) is 26.8 Å². The van der Waals surface area contributed by atoms with Crippen LogP contribution < -0.4 is 14.4 Å². The zero-order valence-corrected chi connectivity index (χ0v) is 16.1. The van der Waals surface area contributed by atoms with E-state index in [0.29, 0.717) is 39.9 Å². The number of anilines is 1. The number of pyridine rings is 1. The average Bonchev–Trinajstić information content (AvgIpc) is 3.13. The van der Waals surface area contributed by atoms with Crippen LogP contribution in [-0.4, -0.2) is 45.9 Å². The molecular weight excluding hydrogens is 360 g/mol. The Bertz CT molecular complexity index is 1100. The number of carbonyl (C=O) groups is 1. The normalized spacial score (nSPS) is 12.6. The van der Waals surface area contributed by atoms with Crippen LogP contribution in [0.25, 0.3) is 22.4 Å². The number of aryl methyl sites for hydroxylation is 1. The van der Waals surface area contributed by atoms with Gasteiger partial charge in [0, 0.05) is 18.7 Å². The molecule has 3 aromatic rings. The molecule has 0 spiro atoms. The molecule has 28 heavy (non-hydrogen) atoms. The zero-order chi connectivity index (χ0) is 20.0. The summed E-state index contributed by atoms with van der Waals surface area (Å²) in [5, 5.41) is 9.39. The fraction of sp³-hybridized carbons (Fsp3) is 0.300. The van der Waals surface area contributed by atoms with E-state index in [9.17, 15) is 9.90 Å². The monoisotopic (exact) mass is 380 g/mol. The van der Waals surface area contributed by atoms with E-state index in [1.54, 1.807) is 6.92 Å². The van der Waals surface area contributed by atoms with Crippen LogP contribution in [0.4, 0.5) is 5.82 Å². The van der Waals surface area contributed by atoms with Gasteiger partial charge in [-0.3, -0.25) is 0 Å². The molecule has 8 nitrogen and oxygen atoms in total. The summed E-state index contributed by atoms with van der Waals surface area (Å²) in [5.41, 5.74) is 2.83. The second-order valence-corrected chi connectivity index (χ2v) is 6.94. The third-order valence-corrected chi connectivity index (χ3v) is 4.81. The summed E-state index contributed by atoms with van der Waals surface area (Å²) in [6, 6.07) is 7.30. The molecule has 1 aliphatic rings. The van der Waals surface area contributed by atoms with Crippen LogP contribution in [0.3, 0.4) is 0 Å². The number of aromatic carboxylic acids is 1. The Morgan fingerprint density at radius 3 is 2.61 bits per heavy atom. The highest BCUT2D eigenvalue weighted by molar-refractivity contribution is 5.93. The molecule has 0 radical (unpaired) electrons. The van der Waals surface area contributed by atoms with E-state index in [1.165, 1.54) is 6.07 Å². The Labute approximate surface area is 161 Å². The third kappa shape index (κ3) is 2.96. The highest BCUT2D eigenvalue weighted by Gasteiger charge is 2.21. The zero-order valence-electron chi connectivity index (χ0n) is 16.1. The standard InChI is InChI=1S/C20H20N4O4/c1-10(2)24(4)19-17(12-5-6-15-16(7-12)28-9-27-15)23-18-14(22-19)8-13(20(25)26)11(3)21-18/h5-8,10H,9H2,1-4H3,(H,25,26). The molecule has 1 N–H and O–H groups in total. The number of carboxylic acids is 1. The predicted octanol–water partition coefficient (Wildman–Crippen LogP) is 3.27. The summed E-state index contributed by atoms with van der Waals surface area (Å²) in [6.45, 7) is 5.94. The van der Waals surface area contributed by atoms with Gasteiger partial charge in [-0.15, -0.1) is 0 Å². The first kappa shape index (κ1) is 18.0. The minimum atomic E-state index is -1.03. The molecule has 0 amide bonds. The molecule has 0 bridgehead atoms. The highest BCUT2D eigenvalue weighted by atomic mass is 16.7. The lowest BCUT2D eigenvalue weighted by atomic mass is 10.1. The van der Waals surface area contributed by atoms with Crippen molar-refractivity contribution in [3.05, 3.63) is 35.5 Å². The van der Waals surface area contributed by atoms with Gasteiger partial charge < -0.3 is 19.5 Å². The van der Waals surface area contributed by atoms with Crippen molar-refractivity contribution < 1.29 is 19.4 Å². The van der Waals surface area contributed by atoms with E-state index in [2.05, 4.69) is 4.98 Å². The lowest BCUT2D eigenvalue weighted by Crippen LogP contribution is -2.27. The number of benzene rings is 1. The summed E-state index contributed by atoms with van der Waals surface area (Å²) in [7, 11) is 1.93. The van der Waals surface area contributed by atoms with Crippen molar-refractivity contribution in [1.82, 2.24) is 15.0 Å². The molecule has 0 saturated carbocycles. The maximum absolute atomic E-state index is 11.5. The van der Waals surface area contributed by atoms with Crippen molar-refractivity contribution >= 4 is 23.0 Å². The van der Waals surface area contributed by atoms with Crippen LogP contribution >= 0.6 is 0 Å². The van der Waals surface area contributed by atoms with Crippen LogP contribution in [0.5, 0.6) is 11.5 Å². The molecule has 1 aromatic carbocycles. The fourth-order valence-corrected chi connectivity index (χ4v) is 3.01. The Balaban J connectivity index is 1.96. The molecule has 4 rings (SSSR count). The quantitative estimate of drug-likeness (QED) is 0.736. The number of ether oxygens (including phenoxy) is 2. The first-order valence-electron chi connectivity index (χ1n) is 8.90. The lowest BCUT2D eigenvalue weighted by Gasteiger charge is -2.25. The SMILES string of the molecule is Cc1nc2nc(-c3ccc4c(c3)OCO4)c(N(C)C(C)C)nc2cc1C(=O)O. The van der Waals surface area contributed by atoms with Gasteiger partial charge in [0.2, 0.25) is 6.79 Å². The van der Waals surface area contributed by atoms with Crippen LogP contribution in [-0.2, 0) is 0 Å². The van der Waals surface area contributed by atoms with Gasteiger partial charge in [-0.2, -0.15) is 0 Å². The Morgan fingerprint density at radius 2 is 1.89 bits per heavy atom. The lowest BCUT2D eigenvalue weighted by molar-refractivity contribution is 0.0695. The van der Waals surface area contributed by atoms with Crippen LogP contribution in [0.1, 0.15) is 29.9 Å². The predicted molar refractivity (Wildman–Crippen MR) is 104 cm³/mol. The fourth-order valence-electron chi connectivity index (χ4n) is 3.01. The molecule has 3 heterocycles. The number of nitrogens with zero attached hydrogens (tertiary/aromatic N) is 4. The summed E-state index contributed by atoms with van der Waals surface area (Å²) in [4.78, 5) is 27.3. The number of hydrogen-bond acceptors (Lipinski definition) is 7. The van der Waals surface area contributed by atoms with Gasteiger partial charge in [0.15, 0.2) is 23.0 Å². The minimum absolute atomic E-state index is 0.121. The third-order valence-electron chi connectivity index (χ3n) is 4.81. The maximum atomic E-state index is 11.5. The van der Waals surface area contributed by atoms with Crippen LogP contribution in [0, 0.1) is 6.92 Å². The first-order chi connectivity index (χ1) is 13.3. The summed E-state index contributed by atoms with van der Waals surface area (Å²) < 4.78 is 10.9. The molecule has 0 atom stereocenters. The van der Waals surface area contributed by atoms with Crippen molar-refractivity contribution in [2.75, 3.05) is 18.7 Å². The van der Waals surface area contributed by atoms with Gasteiger partial charge >= 0.3 is 5.97 Å². The summed E-state index contributed by atoms with van der Waals surface area (Å²) in [6.07, 6.45) is 0. The number of hydrogen-bond donors (Lipinski definition) is 1. The van der Waals surface area contributed by atoms with Gasteiger partial charge in [-0.05, 0) is 45.0 Å². The van der Waals surface area contributed by atoms with E-state index in [1.807, 2.05) is 44.0 Å². The summed E-state index contributed by atoms with van der Waals surface area (Å²) >= 11 is 0. The molecule has 0 aliphatic carbocycles. The highest BCUT2D eigenvalue weighted by Crippen LogP contribution is 2.38. The molecule has 0 fully saturated rings. The van der Waals surface area contributed by atoms with E-state index in [4.69, 9.17) is 19.4 Å². The van der Waals surface area contributed by atoms with Crippen molar-refractivity contribution in [1.29, 1.82) is 0 Å². The molecular formula is C20H20N4O4. The molecule has 2 aromatic heterocycles. The van der Waals surface area contributed by atoms with Gasteiger partial charge in [-0.1, -0.05) is 0 Å². The molecule has 0 unspecified atom stereocenters. The number of fused-ring (bicyclic) bond motifs is 2. The van der Waals surface area contributed by atoms with Crippen LogP contribution in [0.2, 0.25) is 0 Å². The number of aromatic nitrogens is 3. The number of rotatable bonds is 4. The van der Waals surface area contributed by atoms with Crippen molar-refractivity contribution in [3.63, 3.8) is 0 Å². The molecule has 8 heteroatoms. The Morgan fingerprint density at radius 1 is 1.14 bits per heavy atom. The molecule has 144 valence electrons. The average molecular weight is 380 g/mol. The van der Waals surface area contributed by atoms with Crippen molar-refractivity contribution in [3.8, 4) is 22.8 Å². The van der Waals surface area contributed by atoms with E-state index < -0.39 is 5.97 Å². The van der Waals surface area contributed by atoms with Gasteiger partial charge in [-0.25, -0.2) is 19.7 Å². The van der Waals surface area contributed by atoms with E-state index in [-0.39, 0.29) is 18.4 Å². The first-order valence-corrected chi connectivity index (χ1v) is 8.90. The van der Waals surface area contributed by atoms with Gasteiger partial charge in [0.1, 0.15) is 11.2 Å². The van der Waals surface area contributed by atoms with Crippen LogP contribution in [0.15, 0.2) is 24.3 Å². The molecule has 0 saturated heterocycles. The topological polar surface area (TPSA) is 97.7 Å². The maximum Gasteiger partial charge on any atom is 0.337 e. The van der Waals surface area contributed by atoms with E-state index in [0.717, 1.165) is 5.56 Å². The number of carboxylic acid groups (broad SMARTS) is 1. The van der Waals surface area contributed by atoms with Gasteiger partial charge in [0.05, 0.1) is 11.3 Å². The van der Waals surface area contributed by atoms with Gasteiger partial charge in [0.25, 0.3) is 0 Å². The Kier molecular flexibility index (Phi) is 4.26. The van der Waals surface area contributed by atoms with Crippen molar-refractivity contribution in [2.24, 2.45) is 0 Å². The largest absolute Gasteiger partial charge is 0.478 e.